The number of piperidine rings is 1. The van der Waals surface area contributed by atoms with Crippen molar-refractivity contribution in [2.45, 2.75) is 90.3 Å². The molecule has 2 atom stereocenters. The number of amides is 4. The van der Waals surface area contributed by atoms with Gasteiger partial charge in [0, 0.05) is 44.6 Å². The highest BCUT2D eigenvalue weighted by molar-refractivity contribution is 5.98. The molecular weight excluding hydrogens is 542 g/mol. The van der Waals surface area contributed by atoms with Gasteiger partial charge in [-0.1, -0.05) is 44.2 Å². The Labute approximate surface area is 254 Å². The fourth-order valence-corrected chi connectivity index (χ4v) is 6.75. The molecule has 2 heterocycles. The molecule has 1 fully saturated rings. The van der Waals surface area contributed by atoms with E-state index >= 15 is 0 Å². The molecule has 43 heavy (non-hydrogen) atoms. The lowest BCUT2D eigenvalue weighted by Gasteiger charge is -2.38. The van der Waals surface area contributed by atoms with Crippen molar-refractivity contribution in [3.8, 4) is 0 Å². The lowest BCUT2D eigenvalue weighted by molar-refractivity contribution is -0.144. The number of fused-ring (bicyclic) bond motifs is 2. The maximum Gasteiger partial charge on any atom is 0.246 e. The van der Waals surface area contributed by atoms with Crippen LogP contribution in [0.1, 0.15) is 74.6 Å². The predicted molar refractivity (Wildman–Crippen MR) is 166 cm³/mol. The molecule has 2 aliphatic heterocycles. The van der Waals surface area contributed by atoms with Crippen LogP contribution in [0, 0.1) is 5.41 Å². The number of anilines is 1. The zero-order chi connectivity index (χ0) is 30.6. The van der Waals surface area contributed by atoms with Gasteiger partial charge >= 0.3 is 0 Å². The number of nitrogens with one attached hydrogen (secondary N) is 2. The summed E-state index contributed by atoms with van der Waals surface area (Å²) in [5.41, 5.74) is 11.2. The third kappa shape index (κ3) is 7.44. The molecule has 5 rings (SSSR count). The van der Waals surface area contributed by atoms with Gasteiger partial charge in [-0.2, -0.15) is 0 Å². The minimum atomic E-state index is -0.844. The van der Waals surface area contributed by atoms with Gasteiger partial charge < -0.3 is 26.2 Å². The van der Waals surface area contributed by atoms with Crippen molar-refractivity contribution in [2.24, 2.45) is 11.1 Å². The van der Waals surface area contributed by atoms with Gasteiger partial charge in [-0.25, -0.2) is 0 Å². The third-order valence-corrected chi connectivity index (χ3v) is 9.13. The monoisotopic (exact) mass is 587 g/mol. The molecule has 2 aromatic carbocycles. The topological polar surface area (TPSA) is 125 Å². The summed E-state index contributed by atoms with van der Waals surface area (Å²) in [6.45, 7) is 6.23. The second-order valence-electron chi connectivity index (χ2n) is 13.1. The Morgan fingerprint density at radius 3 is 2.47 bits per heavy atom. The number of nitrogens with zero attached hydrogens (tertiary/aromatic N) is 2. The Bertz CT molecular complexity index is 1370. The van der Waals surface area contributed by atoms with Crippen LogP contribution in [0.15, 0.2) is 42.5 Å². The number of carbonyl (C=O) groups is 4. The van der Waals surface area contributed by atoms with Crippen LogP contribution in [-0.2, 0) is 45.0 Å². The summed E-state index contributed by atoms with van der Waals surface area (Å²) in [6.07, 6.45) is 5.95. The highest BCUT2D eigenvalue weighted by Gasteiger charge is 2.37. The highest BCUT2D eigenvalue weighted by Crippen LogP contribution is 2.30. The maximum atomic E-state index is 13.8. The second kappa shape index (κ2) is 13.3. The zero-order valence-corrected chi connectivity index (χ0v) is 25.5. The van der Waals surface area contributed by atoms with Crippen molar-refractivity contribution >= 4 is 29.3 Å². The molecule has 2 aromatic rings. The lowest BCUT2D eigenvalue weighted by atomic mass is 9.84. The second-order valence-corrected chi connectivity index (χ2v) is 13.1. The van der Waals surface area contributed by atoms with Crippen LogP contribution in [0.5, 0.6) is 0 Å². The maximum absolute atomic E-state index is 13.8. The molecule has 1 saturated heterocycles. The van der Waals surface area contributed by atoms with Crippen LogP contribution < -0.4 is 16.4 Å². The molecular formula is C34H45N5O4. The van der Waals surface area contributed by atoms with Gasteiger partial charge in [0.05, 0.1) is 0 Å². The number of aryl methyl sites for hydroxylation is 2. The number of rotatable bonds is 9. The first-order valence-electron chi connectivity index (χ1n) is 15.7. The average Bonchev–Trinajstić information content (AvgIpc) is 3.46. The van der Waals surface area contributed by atoms with E-state index in [4.69, 9.17) is 5.73 Å². The summed E-state index contributed by atoms with van der Waals surface area (Å²) in [7, 11) is 0. The van der Waals surface area contributed by atoms with E-state index in [9.17, 15) is 19.2 Å². The largest absolute Gasteiger partial charge is 0.342 e. The van der Waals surface area contributed by atoms with Crippen LogP contribution in [0.4, 0.5) is 5.69 Å². The smallest absolute Gasteiger partial charge is 0.246 e. The van der Waals surface area contributed by atoms with E-state index in [0.29, 0.717) is 25.2 Å². The van der Waals surface area contributed by atoms with Crippen molar-refractivity contribution in [1.29, 1.82) is 0 Å². The number of hydrogen-bond acceptors (Lipinski definition) is 5. The molecule has 230 valence electrons. The number of likely N-dealkylation sites (tertiary alicyclic amines) is 1. The summed E-state index contributed by atoms with van der Waals surface area (Å²) in [5.74, 6) is -0.988. The molecule has 0 radical (unpaired) electrons. The van der Waals surface area contributed by atoms with E-state index in [0.717, 1.165) is 43.2 Å². The predicted octanol–water partition coefficient (Wildman–Crippen LogP) is 3.33. The lowest BCUT2D eigenvalue weighted by Crippen LogP contribution is -2.56. The van der Waals surface area contributed by atoms with E-state index in [1.165, 1.54) is 11.1 Å². The molecule has 3 aliphatic rings. The van der Waals surface area contributed by atoms with E-state index in [1.807, 2.05) is 47.4 Å². The van der Waals surface area contributed by atoms with Gasteiger partial charge in [0.2, 0.25) is 23.6 Å². The molecule has 0 unspecified atom stereocenters. The molecule has 0 spiro atoms. The zero-order valence-electron chi connectivity index (χ0n) is 25.5. The van der Waals surface area contributed by atoms with Crippen molar-refractivity contribution in [2.75, 3.05) is 25.0 Å². The summed E-state index contributed by atoms with van der Waals surface area (Å²) in [6, 6.07) is 12.1. The minimum Gasteiger partial charge on any atom is -0.342 e. The first-order chi connectivity index (χ1) is 20.6. The van der Waals surface area contributed by atoms with Crippen molar-refractivity contribution in [3.63, 3.8) is 0 Å². The normalized spacial score (nSPS) is 19.7. The van der Waals surface area contributed by atoms with Crippen molar-refractivity contribution in [1.82, 2.24) is 15.1 Å². The van der Waals surface area contributed by atoms with E-state index in [1.54, 1.807) is 4.90 Å². The summed E-state index contributed by atoms with van der Waals surface area (Å²) in [5, 5.41) is 5.85. The first-order valence-corrected chi connectivity index (χ1v) is 15.7. The van der Waals surface area contributed by atoms with E-state index < -0.39 is 18.0 Å². The van der Waals surface area contributed by atoms with Crippen LogP contribution in [-0.4, -0.2) is 65.1 Å². The first kappa shape index (κ1) is 30.7. The van der Waals surface area contributed by atoms with Crippen LogP contribution >= 0.6 is 0 Å². The Morgan fingerprint density at radius 1 is 0.953 bits per heavy atom. The van der Waals surface area contributed by atoms with E-state index in [-0.39, 0.29) is 55.5 Å². The Morgan fingerprint density at radius 2 is 1.70 bits per heavy atom. The van der Waals surface area contributed by atoms with Gasteiger partial charge in [0.25, 0.3) is 0 Å². The molecule has 4 amide bonds. The standard InChI is InChI=1S/C34H45N5O4/c1-34(2)16-6-18-38(22-34)30(40)13-14-31(41)39-21-26-8-4-3-7-25(26)20-29(39)33(43)37-28(15-17-35)32(42)36-27-12-11-23-9-5-10-24(23)19-27/h3-4,7-8,11-12,19,28-29H,5-6,9-10,13-18,20-22,35H2,1-2H3,(H,36,42)(H,37,43)/t28-,29-/m0/s1. The Hall–Kier alpha value is -3.72. The van der Waals surface area contributed by atoms with Crippen LogP contribution in [0.25, 0.3) is 0 Å². The third-order valence-electron chi connectivity index (χ3n) is 9.13. The minimum absolute atomic E-state index is 0.0224. The van der Waals surface area contributed by atoms with Gasteiger partial charge in [-0.3, -0.25) is 19.2 Å². The SMILES string of the molecule is CC1(C)CCCN(C(=O)CCC(=O)N2Cc3ccccc3C[C@H]2C(=O)N[C@@H](CCN)C(=O)Nc2ccc3c(c2)CCC3)C1. The fraction of sp³-hybridized carbons (Fsp3) is 0.529. The molecule has 4 N–H and O–H groups in total. The Balaban J connectivity index is 1.26. The molecule has 9 nitrogen and oxygen atoms in total. The summed E-state index contributed by atoms with van der Waals surface area (Å²) in [4.78, 5) is 57.1. The molecule has 9 heteroatoms. The Kier molecular flexibility index (Phi) is 9.49. The van der Waals surface area contributed by atoms with Gasteiger partial charge in [-0.15, -0.1) is 0 Å². The summed E-state index contributed by atoms with van der Waals surface area (Å²) >= 11 is 0. The van der Waals surface area contributed by atoms with Gasteiger partial charge in [0.15, 0.2) is 0 Å². The summed E-state index contributed by atoms with van der Waals surface area (Å²) < 4.78 is 0. The van der Waals surface area contributed by atoms with E-state index in [2.05, 4.69) is 24.5 Å². The average molecular weight is 588 g/mol. The van der Waals surface area contributed by atoms with Crippen LogP contribution in [0.3, 0.4) is 0 Å². The number of hydrogen-bond donors (Lipinski definition) is 3. The molecule has 0 saturated carbocycles. The molecule has 1 aliphatic carbocycles. The van der Waals surface area contributed by atoms with Crippen LogP contribution in [0.2, 0.25) is 0 Å². The molecule has 0 aromatic heterocycles. The number of benzene rings is 2. The van der Waals surface area contributed by atoms with Gasteiger partial charge in [0.1, 0.15) is 12.1 Å². The number of nitrogens with two attached hydrogens (primary N) is 1. The van der Waals surface area contributed by atoms with Gasteiger partial charge in [-0.05, 0) is 84.9 Å². The quantitative estimate of drug-likeness (QED) is 0.415. The van der Waals surface area contributed by atoms with Crippen molar-refractivity contribution in [3.05, 3.63) is 64.7 Å². The fourth-order valence-electron chi connectivity index (χ4n) is 6.75. The van der Waals surface area contributed by atoms with Crippen molar-refractivity contribution < 1.29 is 19.2 Å². The highest BCUT2D eigenvalue weighted by atomic mass is 16.2. The molecule has 0 bridgehead atoms. The number of carbonyl (C=O) groups excluding carboxylic acids is 4.